The molecule has 2 saturated heterocycles. The van der Waals surface area contributed by atoms with Crippen LogP contribution in [-0.4, -0.2) is 54.1 Å². The van der Waals surface area contributed by atoms with Gasteiger partial charge in [0.25, 0.3) is 0 Å². The zero-order valence-electron chi connectivity index (χ0n) is 17.4. The molecule has 2 fully saturated rings. The van der Waals surface area contributed by atoms with Crippen molar-refractivity contribution in [2.45, 2.75) is 55.7 Å². The number of carbonyl (C=O) groups is 1. The number of nitrogens with zero attached hydrogens (tertiary/aromatic N) is 1. The molecule has 2 heterocycles. The van der Waals surface area contributed by atoms with Gasteiger partial charge in [-0.05, 0) is 54.4 Å². The minimum atomic E-state index is -0.843. The van der Waals surface area contributed by atoms with Crippen molar-refractivity contribution in [3.63, 3.8) is 0 Å². The summed E-state index contributed by atoms with van der Waals surface area (Å²) in [5.74, 6) is 0.0661. The summed E-state index contributed by atoms with van der Waals surface area (Å²) in [5.41, 5.74) is 4.06. The van der Waals surface area contributed by atoms with E-state index in [9.17, 15) is 9.90 Å². The second kappa shape index (κ2) is 7.71. The van der Waals surface area contributed by atoms with E-state index < -0.39 is 5.60 Å². The maximum atomic E-state index is 13.2. The van der Waals surface area contributed by atoms with Crippen LogP contribution in [-0.2, 0) is 9.47 Å². The Morgan fingerprint density at radius 2 is 1.60 bits per heavy atom. The molecule has 0 radical (unpaired) electrons. The van der Waals surface area contributed by atoms with Gasteiger partial charge in [0.1, 0.15) is 6.61 Å². The molecule has 1 N–H and O–H groups in total. The third kappa shape index (κ3) is 3.30. The monoisotopic (exact) mass is 407 g/mol. The van der Waals surface area contributed by atoms with Gasteiger partial charge in [0, 0.05) is 25.1 Å². The molecule has 158 valence electrons. The molecule has 30 heavy (non-hydrogen) atoms. The first-order valence-electron chi connectivity index (χ1n) is 10.9. The summed E-state index contributed by atoms with van der Waals surface area (Å²) >= 11 is 0. The van der Waals surface area contributed by atoms with Crippen molar-refractivity contribution in [2.24, 2.45) is 0 Å². The molecule has 0 spiro atoms. The molecular weight excluding hydrogens is 378 g/mol. The molecule has 2 bridgehead atoms. The number of methoxy groups -OCH3 is 1. The van der Waals surface area contributed by atoms with E-state index in [4.69, 9.17) is 9.47 Å². The number of ether oxygens (including phenoxy) is 2. The average molecular weight is 408 g/mol. The van der Waals surface area contributed by atoms with E-state index in [1.807, 2.05) is 17.0 Å². The lowest BCUT2D eigenvalue weighted by atomic mass is 9.76. The maximum absolute atomic E-state index is 13.2. The Morgan fingerprint density at radius 1 is 1.03 bits per heavy atom. The van der Waals surface area contributed by atoms with Gasteiger partial charge in [-0.25, -0.2) is 4.79 Å². The molecule has 5 rings (SSSR count). The summed E-state index contributed by atoms with van der Waals surface area (Å²) in [5, 5.41) is 10.9. The van der Waals surface area contributed by atoms with E-state index >= 15 is 0 Å². The molecule has 0 saturated carbocycles. The third-order valence-electron chi connectivity index (χ3n) is 7.05. The highest BCUT2D eigenvalue weighted by molar-refractivity contribution is 5.79. The maximum Gasteiger partial charge on any atom is 0.410 e. The van der Waals surface area contributed by atoms with Crippen molar-refractivity contribution >= 4 is 6.09 Å². The van der Waals surface area contributed by atoms with Crippen molar-refractivity contribution in [2.75, 3.05) is 20.3 Å². The van der Waals surface area contributed by atoms with E-state index in [0.29, 0.717) is 26.1 Å². The molecule has 0 aromatic heterocycles. The van der Waals surface area contributed by atoms with Gasteiger partial charge in [-0.1, -0.05) is 48.5 Å². The molecule has 2 aromatic rings. The number of carbonyl (C=O) groups excluding carboxylic acids is 1. The van der Waals surface area contributed by atoms with Crippen molar-refractivity contribution in [1.82, 2.24) is 4.90 Å². The summed E-state index contributed by atoms with van der Waals surface area (Å²) in [6, 6.07) is 16.8. The third-order valence-corrected chi connectivity index (χ3v) is 7.05. The standard InChI is InChI=1S/C25H29NO4/c1-29-16-25(28)13-17-7-6-8-18(14-25)26(17)24(27)30-15-23-21-11-4-2-9-19(21)20-10-3-5-12-22(20)23/h2-5,9-12,17-18,23,28H,6-8,13-16H2,1H3. The SMILES string of the molecule is COCC1(O)CC2CCCC(C1)N2C(=O)OCC1c2ccccc2-c2ccccc21. The molecule has 5 nitrogen and oxygen atoms in total. The lowest BCUT2D eigenvalue weighted by Gasteiger charge is -2.51. The minimum absolute atomic E-state index is 0.0216. The van der Waals surface area contributed by atoms with Crippen LogP contribution in [0.15, 0.2) is 48.5 Å². The smallest absolute Gasteiger partial charge is 0.410 e. The number of fused-ring (bicyclic) bond motifs is 5. The molecule has 2 atom stereocenters. The van der Waals surface area contributed by atoms with Crippen molar-refractivity contribution in [3.8, 4) is 11.1 Å². The molecule has 3 aliphatic rings. The number of hydrogen-bond acceptors (Lipinski definition) is 4. The van der Waals surface area contributed by atoms with Crippen LogP contribution in [0, 0.1) is 0 Å². The minimum Gasteiger partial charge on any atom is -0.448 e. The predicted octanol–water partition coefficient (Wildman–Crippen LogP) is 4.33. The summed E-state index contributed by atoms with van der Waals surface area (Å²) in [6.07, 6.45) is 3.78. The normalized spacial score (nSPS) is 27.5. The lowest BCUT2D eigenvalue weighted by molar-refractivity contribution is -0.114. The number of benzene rings is 2. The highest BCUT2D eigenvalue weighted by Crippen LogP contribution is 2.45. The highest BCUT2D eigenvalue weighted by atomic mass is 16.6. The highest BCUT2D eigenvalue weighted by Gasteiger charge is 2.48. The number of amides is 1. The van der Waals surface area contributed by atoms with Crippen LogP contribution >= 0.6 is 0 Å². The fourth-order valence-corrected chi connectivity index (χ4v) is 5.88. The van der Waals surface area contributed by atoms with Gasteiger partial charge >= 0.3 is 6.09 Å². The van der Waals surface area contributed by atoms with Crippen LogP contribution in [0.4, 0.5) is 4.79 Å². The predicted molar refractivity (Wildman–Crippen MR) is 114 cm³/mol. The van der Waals surface area contributed by atoms with E-state index in [1.165, 1.54) is 22.3 Å². The molecule has 1 amide bonds. The Morgan fingerprint density at radius 3 is 2.17 bits per heavy atom. The number of rotatable bonds is 4. The zero-order valence-corrected chi connectivity index (χ0v) is 17.4. The first-order valence-corrected chi connectivity index (χ1v) is 10.9. The topological polar surface area (TPSA) is 59.0 Å². The van der Waals surface area contributed by atoms with Gasteiger partial charge in [0.15, 0.2) is 0 Å². The molecule has 1 aliphatic carbocycles. The van der Waals surface area contributed by atoms with Crippen molar-refractivity contribution < 1.29 is 19.4 Å². The van der Waals surface area contributed by atoms with Gasteiger partial charge < -0.3 is 19.5 Å². The van der Waals surface area contributed by atoms with Crippen LogP contribution < -0.4 is 0 Å². The van der Waals surface area contributed by atoms with Crippen LogP contribution in [0.1, 0.15) is 49.1 Å². The summed E-state index contributed by atoms with van der Waals surface area (Å²) in [6.45, 7) is 0.656. The second-order valence-corrected chi connectivity index (χ2v) is 9.02. The Balaban J connectivity index is 1.32. The van der Waals surface area contributed by atoms with Gasteiger partial charge in [0.2, 0.25) is 0 Å². The number of aliphatic hydroxyl groups is 1. The average Bonchev–Trinajstić information content (AvgIpc) is 3.05. The molecule has 5 heteroatoms. The molecular formula is C25H29NO4. The summed E-state index contributed by atoms with van der Waals surface area (Å²) < 4.78 is 11.2. The largest absolute Gasteiger partial charge is 0.448 e. The van der Waals surface area contributed by atoms with Crippen LogP contribution in [0.5, 0.6) is 0 Å². The quantitative estimate of drug-likeness (QED) is 0.820. The first-order chi connectivity index (χ1) is 14.6. The number of hydrogen-bond donors (Lipinski definition) is 1. The Labute approximate surface area is 177 Å². The fraction of sp³-hybridized carbons (Fsp3) is 0.480. The van der Waals surface area contributed by atoms with Crippen LogP contribution in [0.3, 0.4) is 0 Å². The van der Waals surface area contributed by atoms with Gasteiger partial charge in [-0.15, -0.1) is 0 Å². The zero-order chi connectivity index (χ0) is 20.7. The first kappa shape index (κ1) is 19.6. The number of piperidine rings is 2. The summed E-state index contributed by atoms with van der Waals surface area (Å²) in [4.78, 5) is 15.1. The van der Waals surface area contributed by atoms with E-state index in [1.54, 1.807) is 7.11 Å². The Kier molecular flexibility index (Phi) is 5.03. The van der Waals surface area contributed by atoms with Crippen molar-refractivity contribution in [3.05, 3.63) is 59.7 Å². The van der Waals surface area contributed by atoms with Gasteiger partial charge in [-0.2, -0.15) is 0 Å². The molecule has 2 unspecified atom stereocenters. The second-order valence-electron chi connectivity index (χ2n) is 9.02. The summed E-state index contributed by atoms with van der Waals surface area (Å²) in [7, 11) is 1.62. The molecule has 2 aromatic carbocycles. The van der Waals surface area contributed by atoms with Crippen molar-refractivity contribution in [1.29, 1.82) is 0 Å². The van der Waals surface area contributed by atoms with E-state index in [2.05, 4.69) is 36.4 Å². The van der Waals surface area contributed by atoms with E-state index in [0.717, 1.165) is 19.3 Å². The lowest BCUT2D eigenvalue weighted by Crippen LogP contribution is -2.61. The van der Waals surface area contributed by atoms with E-state index in [-0.39, 0.29) is 24.1 Å². The Bertz CT molecular complexity index is 883. The Hall–Kier alpha value is -2.37. The van der Waals surface area contributed by atoms with Crippen LogP contribution in [0.25, 0.3) is 11.1 Å². The van der Waals surface area contributed by atoms with Gasteiger partial charge in [0.05, 0.1) is 12.2 Å². The van der Waals surface area contributed by atoms with Gasteiger partial charge in [-0.3, -0.25) is 0 Å². The van der Waals surface area contributed by atoms with Crippen LogP contribution in [0.2, 0.25) is 0 Å². The molecule has 2 aliphatic heterocycles. The fourth-order valence-electron chi connectivity index (χ4n) is 5.88.